The van der Waals surface area contributed by atoms with Crippen LogP contribution in [-0.4, -0.2) is 42.6 Å². The Morgan fingerprint density at radius 3 is 2.27 bits per heavy atom. The first-order valence-electron chi connectivity index (χ1n) is 14.9. The van der Waals surface area contributed by atoms with Crippen molar-refractivity contribution in [2.75, 3.05) is 13.7 Å². The largest absolute Gasteiger partial charge is 0.496 e. The van der Waals surface area contributed by atoms with E-state index < -0.39 is 12.0 Å². The van der Waals surface area contributed by atoms with E-state index in [9.17, 15) is 18.8 Å². The third-order valence-electron chi connectivity index (χ3n) is 7.77. The van der Waals surface area contributed by atoms with Gasteiger partial charge in [0.05, 0.1) is 18.7 Å². The van der Waals surface area contributed by atoms with Crippen molar-refractivity contribution in [1.29, 1.82) is 0 Å². The molecule has 3 amide bonds. The zero-order valence-electron chi connectivity index (χ0n) is 25.2. The van der Waals surface area contributed by atoms with Crippen molar-refractivity contribution < 1.29 is 33.0 Å². The van der Waals surface area contributed by atoms with Crippen LogP contribution in [0.15, 0.2) is 97.1 Å². The topological polar surface area (TPSA) is 94.2 Å². The van der Waals surface area contributed by atoms with Gasteiger partial charge in [-0.2, -0.15) is 0 Å². The molecule has 1 fully saturated rings. The Hall–Kier alpha value is -5.18. The minimum Gasteiger partial charge on any atom is -0.496 e. The van der Waals surface area contributed by atoms with Crippen molar-refractivity contribution in [3.8, 4) is 17.2 Å². The van der Waals surface area contributed by atoms with Gasteiger partial charge in [0.25, 0.3) is 5.91 Å². The maximum Gasteiger partial charge on any atom is 0.416 e. The quantitative estimate of drug-likeness (QED) is 0.192. The molecule has 9 heteroatoms. The summed E-state index contributed by atoms with van der Waals surface area (Å²) in [6.07, 6.45) is 0.752. The summed E-state index contributed by atoms with van der Waals surface area (Å²) in [5, 5.41) is 2.92. The second-order valence-corrected chi connectivity index (χ2v) is 10.9. The molecule has 0 radical (unpaired) electrons. The molecule has 2 atom stereocenters. The van der Waals surface area contributed by atoms with Crippen molar-refractivity contribution in [3.63, 3.8) is 0 Å². The van der Waals surface area contributed by atoms with Crippen LogP contribution in [0.4, 0.5) is 9.18 Å². The Balaban J connectivity index is 1.23. The molecule has 1 saturated heterocycles. The molecule has 0 aliphatic carbocycles. The number of halogens is 1. The normalized spacial score (nSPS) is 14.9. The second kappa shape index (κ2) is 14.5. The summed E-state index contributed by atoms with van der Waals surface area (Å²) in [5.41, 5.74) is 2.99. The fourth-order valence-electron chi connectivity index (χ4n) is 5.31. The van der Waals surface area contributed by atoms with Crippen LogP contribution >= 0.6 is 0 Å². The van der Waals surface area contributed by atoms with Crippen molar-refractivity contribution in [3.05, 3.63) is 125 Å². The highest BCUT2D eigenvalue weighted by molar-refractivity contribution is 5.97. The second-order valence-electron chi connectivity index (χ2n) is 10.9. The first kappa shape index (κ1) is 31.3. The van der Waals surface area contributed by atoms with E-state index >= 15 is 0 Å². The number of cyclic esters (lactones) is 1. The van der Waals surface area contributed by atoms with Gasteiger partial charge < -0.3 is 19.5 Å². The minimum atomic E-state index is -0.621. The highest BCUT2D eigenvalue weighted by Crippen LogP contribution is 2.27. The molecule has 1 aliphatic heterocycles. The summed E-state index contributed by atoms with van der Waals surface area (Å²) < 4.78 is 29.6. The molecule has 4 aromatic rings. The molecular weight excluding hydrogens is 575 g/mol. The maximum absolute atomic E-state index is 13.6. The van der Waals surface area contributed by atoms with Crippen molar-refractivity contribution >= 4 is 17.9 Å². The molecule has 8 nitrogen and oxygen atoms in total. The molecule has 1 heterocycles. The molecule has 4 aromatic carbocycles. The van der Waals surface area contributed by atoms with Crippen LogP contribution in [0.2, 0.25) is 0 Å². The Labute approximate surface area is 261 Å². The summed E-state index contributed by atoms with van der Waals surface area (Å²) in [6.45, 7) is 2.33. The average Bonchev–Trinajstić information content (AvgIpc) is 3.43. The highest BCUT2D eigenvalue weighted by Gasteiger charge is 2.40. The first-order chi connectivity index (χ1) is 21.8. The number of benzene rings is 4. The average molecular weight is 611 g/mol. The number of methoxy groups -OCH3 is 1. The van der Waals surface area contributed by atoms with E-state index in [1.807, 2.05) is 55.5 Å². The maximum atomic E-state index is 13.6. The van der Waals surface area contributed by atoms with Gasteiger partial charge in [0.1, 0.15) is 29.7 Å². The number of rotatable bonds is 12. The van der Waals surface area contributed by atoms with Crippen molar-refractivity contribution in [2.45, 2.75) is 38.8 Å². The minimum absolute atomic E-state index is 0.159. The summed E-state index contributed by atoms with van der Waals surface area (Å²) in [5.74, 6) is 0.0815. The van der Waals surface area contributed by atoms with E-state index in [1.54, 1.807) is 36.4 Å². The monoisotopic (exact) mass is 610 g/mol. The lowest BCUT2D eigenvalue weighted by Crippen LogP contribution is -2.44. The molecular formula is C36H35FN2O6. The summed E-state index contributed by atoms with van der Waals surface area (Å²) in [6, 6.07) is 27.6. The molecule has 1 N–H and O–H groups in total. The fourth-order valence-corrected chi connectivity index (χ4v) is 5.31. The SMILES string of the molecule is CC[C@@H](Cc1ccc(OC)c(C(=O)NCc2ccc(Oc3ccc(F)cc3)cc2)c1)C(=O)N1C(=O)OC[C@@H]1Cc1ccccc1. The zero-order valence-corrected chi connectivity index (χ0v) is 25.2. The zero-order chi connectivity index (χ0) is 31.8. The number of hydrogen-bond acceptors (Lipinski definition) is 6. The number of ether oxygens (including phenoxy) is 3. The summed E-state index contributed by atoms with van der Waals surface area (Å²) in [4.78, 5) is 40.8. The van der Waals surface area contributed by atoms with Gasteiger partial charge in [-0.15, -0.1) is 0 Å². The van der Waals surface area contributed by atoms with Crippen molar-refractivity contribution in [1.82, 2.24) is 10.2 Å². The van der Waals surface area contributed by atoms with Gasteiger partial charge in [0, 0.05) is 12.5 Å². The smallest absolute Gasteiger partial charge is 0.416 e. The van der Waals surface area contributed by atoms with Gasteiger partial charge in [-0.3, -0.25) is 9.59 Å². The van der Waals surface area contributed by atoms with E-state index in [2.05, 4.69) is 5.32 Å². The Kier molecular flexibility index (Phi) is 10.1. The summed E-state index contributed by atoms with van der Waals surface area (Å²) >= 11 is 0. The standard InChI is InChI=1S/C36H35FN2O6/c1-3-27(35(41)39-29(23-44-36(39)42)20-24-7-5-4-6-8-24)19-26-11-18-33(43-2)32(21-26)34(40)38-22-25-9-14-30(15-10-25)45-31-16-12-28(37)13-17-31/h4-18,21,27,29H,3,19-20,22-23H2,1-2H3,(H,38,40)/t27-,29-/m0/s1. The van der Waals surface area contributed by atoms with Crippen LogP contribution in [-0.2, 0) is 28.9 Å². The summed E-state index contributed by atoms with van der Waals surface area (Å²) in [7, 11) is 1.50. The van der Waals surface area contributed by atoms with Crippen LogP contribution in [0.5, 0.6) is 17.2 Å². The molecule has 0 spiro atoms. The van der Waals surface area contributed by atoms with Gasteiger partial charge in [0.15, 0.2) is 0 Å². The molecule has 0 aromatic heterocycles. The molecule has 5 rings (SSSR count). The number of imide groups is 1. The molecule has 0 saturated carbocycles. The molecule has 45 heavy (non-hydrogen) atoms. The van der Waals surface area contributed by atoms with Crippen LogP contribution < -0.4 is 14.8 Å². The van der Waals surface area contributed by atoms with Gasteiger partial charge >= 0.3 is 6.09 Å². The number of carbonyl (C=O) groups is 3. The molecule has 0 unspecified atom stereocenters. The number of carbonyl (C=O) groups excluding carboxylic acids is 3. The third-order valence-corrected chi connectivity index (χ3v) is 7.77. The third kappa shape index (κ3) is 7.86. The molecule has 0 bridgehead atoms. The van der Waals surface area contributed by atoms with Gasteiger partial charge in [0.2, 0.25) is 5.91 Å². The van der Waals surface area contributed by atoms with Gasteiger partial charge in [-0.1, -0.05) is 55.5 Å². The van der Waals surface area contributed by atoms with E-state index in [4.69, 9.17) is 14.2 Å². The molecule has 1 aliphatic rings. The lowest BCUT2D eigenvalue weighted by Gasteiger charge is -2.24. The van der Waals surface area contributed by atoms with Gasteiger partial charge in [-0.05, 0) is 84.5 Å². The Morgan fingerprint density at radius 1 is 0.933 bits per heavy atom. The van der Waals surface area contributed by atoms with E-state index in [0.29, 0.717) is 42.1 Å². The molecule has 232 valence electrons. The lowest BCUT2D eigenvalue weighted by molar-refractivity contribution is -0.133. The number of nitrogens with zero attached hydrogens (tertiary/aromatic N) is 1. The Bertz CT molecular complexity index is 1630. The van der Waals surface area contributed by atoms with Crippen LogP contribution in [0.25, 0.3) is 0 Å². The van der Waals surface area contributed by atoms with E-state index in [-0.39, 0.29) is 36.8 Å². The van der Waals surface area contributed by atoms with E-state index in [1.165, 1.54) is 24.1 Å². The number of amides is 3. The van der Waals surface area contributed by atoms with E-state index in [0.717, 1.165) is 16.7 Å². The fraction of sp³-hybridized carbons (Fsp3) is 0.250. The first-order valence-corrected chi connectivity index (χ1v) is 14.9. The predicted octanol–water partition coefficient (Wildman–Crippen LogP) is 6.72. The van der Waals surface area contributed by atoms with Crippen LogP contribution in [0.1, 0.15) is 40.4 Å². The van der Waals surface area contributed by atoms with Gasteiger partial charge in [-0.25, -0.2) is 14.1 Å². The van der Waals surface area contributed by atoms with Crippen LogP contribution in [0.3, 0.4) is 0 Å². The van der Waals surface area contributed by atoms with Crippen LogP contribution in [0, 0.1) is 11.7 Å². The number of nitrogens with one attached hydrogen (secondary N) is 1. The lowest BCUT2D eigenvalue weighted by atomic mass is 9.93. The van der Waals surface area contributed by atoms with Crippen molar-refractivity contribution in [2.24, 2.45) is 5.92 Å². The highest BCUT2D eigenvalue weighted by atomic mass is 19.1. The Morgan fingerprint density at radius 2 is 1.60 bits per heavy atom. The predicted molar refractivity (Wildman–Crippen MR) is 167 cm³/mol. The number of hydrogen-bond donors (Lipinski definition) is 1.